The van der Waals surface area contributed by atoms with Gasteiger partial charge in [0.15, 0.2) is 12.4 Å². The summed E-state index contributed by atoms with van der Waals surface area (Å²) in [5.74, 6) is -1.27. The molecule has 0 radical (unpaired) electrons. The maximum absolute atomic E-state index is 11.7. The Balaban J connectivity index is 2.91. The quantitative estimate of drug-likeness (QED) is 0.480. The maximum atomic E-state index is 11.7. The van der Waals surface area contributed by atoms with Crippen molar-refractivity contribution in [2.75, 3.05) is 13.7 Å². The zero-order valence-electron chi connectivity index (χ0n) is 14.6. The van der Waals surface area contributed by atoms with Gasteiger partial charge in [-0.25, -0.2) is 0 Å². The van der Waals surface area contributed by atoms with Crippen molar-refractivity contribution in [2.24, 2.45) is 0 Å². The largest absolute Gasteiger partial charge is 0.463 e. The van der Waals surface area contributed by atoms with Crippen LogP contribution >= 0.6 is 0 Å². The van der Waals surface area contributed by atoms with E-state index in [1.54, 1.807) is 20.8 Å². The Morgan fingerprint density at radius 2 is 1.54 bits per heavy atom. The fourth-order valence-electron chi connectivity index (χ4n) is 2.21. The SMILES string of the molecule is CCC(=O)OC[C@H]1O[C@H](OC)C[C@@H](OC(=O)CC)[C@H]1OC(=O)CC. The highest BCUT2D eigenvalue weighted by molar-refractivity contribution is 5.70. The highest BCUT2D eigenvalue weighted by Crippen LogP contribution is 2.27. The first-order valence-electron chi connectivity index (χ1n) is 8.17. The molecule has 8 nitrogen and oxygen atoms in total. The van der Waals surface area contributed by atoms with Gasteiger partial charge in [-0.15, -0.1) is 0 Å². The van der Waals surface area contributed by atoms with E-state index in [-0.39, 0.29) is 32.3 Å². The van der Waals surface area contributed by atoms with Crippen LogP contribution in [0.4, 0.5) is 0 Å². The van der Waals surface area contributed by atoms with E-state index in [2.05, 4.69) is 0 Å². The van der Waals surface area contributed by atoms with Crippen molar-refractivity contribution in [1.29, 1.82) is 0 Å². The topological polar surface area (TPSA) is 97.4 Å². The van der Waals surface area contributed by atoms with E-state index in [0.29, 0.717) is 0 Å². The minimum Gasteiger partial charge on any atom is -0.463 e. The van der Waals surface area contributed by atoms with Crippen LogP contribution in [-0.4, -0.2) is 56.2 Å². The van der Waals surface area contributed by atoms with E-state index in [9.17, 15) is 14.4 Å². The van der Waals surface area contributed by atoms with Crippen molar-refractivity contribution in [1.82, 2.24) is 0 Å². The van der Waals surface area contributed by atoms with Gasteiger partial charge in [0.1, 0.15) is 18.8 Å². The predicted octanol–water partition coefficient (Wildman–Crippen LogP) is 1.34. The molecular formula is C16H26O8. The molecule has 0 N–H and O–H groups in total. The van der Waals surface area contributed by atoms with E-state index >= 15 is 0 Å². The van der Waals surface area contributed by atoms with Crippen molar-refractivity contribution in [3.05, 3.63) is 0 Å². The second-order valence-electron chi connectivity index (χ2n) is 5.30. The second kappa shape index (κ2) is 10.2. The Labute approximate surface area is 141 Å². The minimum atomic E-state index is -0.857. The number of methoxy groups -OCH3 is 1. The summed E-state index contributed by atoms with van der Waals surface area (Å²) in [6.07, 6.45) is -2.21. The Morgan fingerprint density at radius 1 is 0.958 bits per heavy atom. The molecule has 138 valence electrons. The number of hydrogen-bond acceptors (Lipinski definition) is 8. The normalized spacial score (nSPS) is 26.5. The number of carbonyl (C=O) groups excluding carboxylic acids is 3. The molecule has 4 atom stereocenters. The first-order valence-corrected chi connectivity index (χ1v) is 8.17. The van der Waals surface area contributed by atoms with Gasteiger partial charge in [-0.2, -0.15) is 0 Å². The fourth-order valence-corrected chi connectivity index (χ4v) is 2.21. The zero-order chi connectivity index (χ0) is 18.1. The average Bonchev–Trinajstić information content (AvgIpc) is 2.60. The number of carbonyl (C=O) groups is 3. The van der Waals surface area contributed by atoms with Gasteiger partial charge in [-0.1, -0.05) is 20.8 Å². The summed E-state index contributed by atoms with van der Waals surface area (Å²) < 4.78 is 26.7. The Kier molecular flexibility index (Phi) is 8.70. The summed E-state index contributed by atoms with van der Waals surface area (Å²) in [7, 11) is 1.46. The molecule has 1 fully saturated rings. The van der Waals surface area contributed by atoms with Gasteiger partial charge in [0.25, 0.3) is 0 Å². The smallest absolute Gasteiger partial charge is 0.306 e. The summed E-state index contributed by atoms with van der Waals surface area (Å²) in [5, 5.41) is 0. The van der Waals surface area contributed by atoms with Crippen LogP contribution in [0.1, 0.15) is 46.5 Å². The zero-order valence-corrected chi connectivity index (χ0v) is 14.6. The molecule has 1 aliphatic heterocycles. The summed E-state index contributed by atoms with van der Waals surface area (Å²) in [6, 6.07) is 0. The van der Waals surface area contributed by atoms with Crippen molar-refractivity contribution in [2.45, 2.75) is 71.1 Å². The highest BCUT2D eigenvalue weighted by Gasteiger charge is 2.44. The molecule has 0 amide bonds. The van der Waals surface area contributed by atoms with Crippen molar-refractivity contribution >= 4 is 17.9 Å². The highest BCUT2D eigenvalue weighted by atomic mass is 16.7. The molecule has 1 aliphatic rings. The molecular weight excluding hydrogens is 320 g/mol. The van der Waals surface area contributed by atoms with Crippen LogP contribution in [0.5, 0.6) is 0 Å². The van der Waals surface area contributed by atoms with Gasteiger partial charge in [0, 0.05) is 32.8 Å². The lowest BCUT2D eigenvalue weighted by Gasteiger charge is -2.39. The van der Waals surface area contributed by atoms with Crippen LogP contribution in [0.15, 0.2) is 0 Å². The van der Waals surface area contributed by atoms with Gasteiger partial charge in [-0.3, -0.25) is 14.4 Å². The molecule has 0 spiro atoms. The molecule has 1 rings (SSSR count). The van der Waals surface area contributed by atoms with Crippen LogP contribution in [-0.2, 0) is 38.1 Å². The van der Waals surface area contributed by atoms with Crippen molar-refractivity contribution in [3.63, 3.8) is 0 Å². The van der Waals surface area contributed by atoms with Gasteiger partial charge < -0.3 is 23.7 Å². The van der Waals surface area contributed by atoms with Crippen molar-refractivity contribution < 1.29 is 38.1 Å². The standard InChI is InChI=1S/C16H26O8/c1-5-12(17)21-9-11-16(24-14(19)7-3)10(22-13(18)6-2)8-15(20-4)23-11/h10-11,15-16H,5-9H2,1-4H3/t10-,11-,15+,16-/m1/s1. The van der Waals surface area contributed by atoms with Crippen molar-refractivity contribution in [3.8, 4) is 0 Å². The molecule has 1 saturated heterocycles. The third kappa shape index (κ3) is 6.09. The van der Waals surface area contributed by atoms with E-state index < -0.39 is 42.5 Å². The average molecular weight is 346 g/mol. The summed E-state index contributed by atoms with van der Waals surface area (Å²) in [6.45, 7) is 4.88. The first-order chi connectivity index (χ1) is 11.4. The Hall–Kier alpha value is -1.67. The lowest BCUT2D eigenvalue weighted by Crippen LogP contribution is -2.54. The van der Waals surface area contributed by atoms with E-state index in [0.717, 1.165) is 0 Å². The summed E-state index contributed by atoms with van der Waals surface area (Å²) in [4.78, 5) is 34.8. The second-order valence-corrected chi connectivity index (χ2v) is 5.30. The van der Waals surface area contributed by atoms with Crippen LogP contribution in [0.2, 0.25) is 0 Å². The minimum absolute atomic E-state index is 0.117. The molecule has 24 heavy (non-hydrogen) atoms. The molecule has 0 saturated carbocycles. The van der Waals surface area contributed by atoms with Gasteiger partial charge in [0.05, 0.1) is 0 Å². The lowest BCUT2D eigenvalue weighted by atomic mass is 10.0. The number of rotatable bonds is 8. The monoisotopic (exact) mass is 346 g/mol. The molecule has 1 heterocycles. The third-order valence-electron chi connectivity index (χ3n) is 3.57. The molecule has 0 aromatic rings. The Morgan fingerprint density at radius 3 is 2.08 bits per heavy atom. The number of hydrogen-bond donors (Lipinski definition) is 0. The van der Waals surface area contributed by atoms with Crippen LogP contribution < -0.4 is 0 Å². The predicted molar refractivity (Wildman–Crippen MR) is 81.9 cm³/mol. The molecule has 8 heteroatoms. The summed E-state index contributed by atoms with van der Waals surface area (Å²) in [5.41, 5.74) is 0. The lowest BCUT2D eigenvalue weighted by molar-refractivity contribution is -0.260. The van der Waals surface area contributed by atoms with Gasteiger partial charge in [0.2, 0.25) is 0 Å². The molecule has 0 aliphatic carbocycles. The molecule has 0 aromatic heterocycles. The van der Waals surface area contributed by atoms with Crippen LogP contribution in [0, 0.1) is 0 Å². The fraction of sp³-hybridized carbons (Fsp3) is 0.812. The first kappa shape index (κ1) is 20.4. The van der Waals surface area contributed by atoms with E-state index in [1.165, 1.54) is 7.11 Å². The number of esters is 3. The van der Waals surface area contributed by atoms with Gasteiger partial charge in [-0.05, 0) is 0 Å². The summed E-state index contributed by atoms with van der Waals surface area (Å²) >= 11 is 0. The molecule has 0 unspecified atom stereocenters. The van der Waals surface area contributed by atoms with Gasteiger partial charge >= 0.3 is 17.9 Å². The van der Waals surface area contributed by atoms with Crippen LogP contribution in [0.25, 0.3) is 0 Å². The number of ether oxygens (including phenoxy) is 5. The van der Waals surface area contributed by atoms with Crippen LogP contribution in [0.3, 0.4) is 0 Å². The maximum Gasteiger partial charge on any atom is 0.306 e. The third-order valence-corrected chi connectivity index (χ3v) is 3.57. The Bertz CT molecular complexity index is 436. The molecule has 0 bridgehead atoms. The van der Waals surface area contributed by atoms with E-state index in [1.807, 2.05) is 0 Å². The molecule has 0 aromatic carbocycles. The van der Waals surface area contributed by atoms with E-state index in [4.69, 9.17) is 23.7 Å².